The maximum absolute atomic E-state index is 13.4. The molecule has 0 fully saturated rings. The molecule has 0 saturated heterocycles. The molecule has 0 aliphatic carbocycles. The molecule has 1 aromatic heterocycles. The molecule has 0 saturated carbocycles. The Hall–Kier alpha value is -4.98. The van der Waals surface area contributed by atoms with Gasteiger partial charge in [0.05, 0.1) is 23.9 Å². The largest absolute Gasteiger partial charge is 0.465 e. The van der Waals surface area contributed by atoms with Crippen LogP contribution in [0.1, 0.15) is 34.1 Å². The highest BCUT2D eigenvalue weighted by Gasteiger charge is 2.26. The molecule has 8 nitrogen and oxygen atoms in total. The first-order chi connectivity index (χ1) is 18.5. The molecule has 38 heavy (non-hydrogen) atoms. The fourth-order valence-corrected chi connectivity index (χ4v) is 4.28. The number of hydrogen-bond donors (Lipinski definition) is 1. The predicted molar refractivity (Wildman–Crippen MR) is 143 cm³/mol. The van der Waals surface area contributed by atoms with E-state index in [0.717, 1.165) is 5.39 Å². The van der Waals surface area contributed by atoms with E-state index in [1.165, 1.54) is 13.2 Å². The summed E-state index contributed by atoms with van der Waals surface area (Å²) in [4.78, 5) is 43.2. The Morgan fingerprint density at radius 1 is 0.868 bits per heavy atom. The molecule has 0 spiro atoms. The van der Waals surface area contributed by atoms with E-state index in [2.05, 4.69) is 10.3 Å². The van der Waals surface area contributed by atoms with E-state index in [1.807, 2.05) is 48.5 Å². The zero-order chi connectivity index (χ0) is 26.6. The van der Waals surface area contributed by atoms with Gasteiger partial charge in [-0.05, 0) is 48.2 Å². The van der Waals surface area contributed by atoms with Crippen molar-refractivity contribution in [2.75, 3.05) is 12.4 Å². The highest BCUT2D eigenvalue weighted by atomic mass is 16.5. The fraction of sp³-hybridized carbons (Fsp3) is 0.133. The molecule has 1 amide bonds. The summed E-state index contributed by atoms with van der Waals surface area (Å²) in [5.41, 5.74) is 2.71. The first-order valence-corrected chi connectivity index (χ1v) is 12.1. The normalized spacial score (nSPS) is 11.7. The monoisotopic (exact) mass is 508 g/mol. The molecule has 0 aliphatic heterocycles. The number of oxazole rings is 1. The summed E-state index contributed by atoms with van der Waals surface area (Å²) < 4.78 is 16.5. The molecular formula is C30H24N2O6. The maximum atomic E-state index is 13.4. The summed E-state index contributed by atoms with van der Waals surface area (Å²) in [6.07, 6.45) is -0.874. The van der Waals surface area contributed by atoms with Crippen LogP contribution in [0, 0.1) is 0 Å². The Morgan fingerprint density at radius 3 is 2.34 bits per heavy atom. The van der Waals surface area contributed by atoms with Crippen LogP contribution in [0.5, 0.6) is 0 Å². The third-order valence-electron chi connectivity index (χ3n) is 6.15. The minimum Gasteiger partial charge on any atom is -0.465 e. The first-order valence-electron chi connectivity index (χ1n) is 12.1. The number of para-hydroxylation sites is 3. The number of anilines is 1. The Labute approximate surface area is 218 Å². The molecule has 1 N–H and O–H groups in total. The summed E-state index contributed by atoms with van der Waals surface area (Å²) >= 11 is 0. The molecule has 1 atom stereocenters. The van der Waals surface area contributed by atoms with Gasteiger partial charge in [-0.25, -0.2) is 14.6 Å². The van der Waals surface area contributed by atoms with Gasteiger partial charge in [0.15, 0.2) is 11.7 Å². The number of fused-ring (bicyclic) bond motifs is 2. The van der Waals surface area contributed by atoms with Gasteiger partial charge in [0.2, 0.25) is 5.89 Å². The summed E-state index contributed by atoms with van der Waals surface area (Å²) in [6.45, 7) is 1.73. The number of amides is 1. The molecule has 5 aromatic rings. The SMILES string of the molecule is CCC(OC(=O)c1cccc2cccc(-c3nc4ccccc4o3)c12)C(=O)Nc1ccccc1C(=O)OC. The van der Waals surface area contributed by atoms with Gasteiger partial charge in [0.1, 0.15) is 5.52 Å². The van der Waals surface area contributed by atoms with E-state index in [0.29, 0.717) is 27.9 Å². The number of esters is 2. The number of rotatable bonds is 7. The number of carbonyl (C=O) groups is 3. The van der Waals surface area contributed by atoms with E-state index < -0.39 is 23.9 Å². The van der Waals surface area contributed by atoms with E-state index in [1.54, 1.807) is 37.3 Å². The number of methoxy groups -OCH3 is 1. The Morgan fingerprint density at radius 2 is 1.58 bits per heavy atom. The van der Waals surface area contributed by atoms with Crippen LogP contribution in [-0.2, 0) is 14.3 Å². The summed E-state index contributed by atoms with van der Waals surface area (Å²) in [7, 11) is 1.26. The Bertz CT molecular complexity index is 1630. The molecule has 0 aliphatic rings. The molecule has 1 unspecified atom stereocenters. The lowest BCUT2D eigenvalue weighted by Gasteiger charge is -2.18. The number of benzene rings is 4. The maximum Gasteiger partial charge on any atom is 0.339 e. The molecule has 0 radical (unpaired) electrons. The average Bonchev–Trinajstić information content (AvgIpc) is 3.39. The molecule has 5 rings (SSSR count). The summed E-state index contributed by atoms with van der Waals surface area (Å²) in [5, 5.41) is 4.09. The number of nitrogens with zero attached hydrogens (tertiary/aromatic N) is 1. The van der Waals surface area contributed by atoms with Gasteiger partial charge < -0.3 is 19.2 Å². The lowest BCUT2D eigenvalue weighted by molar-refractivity contribution is -0.124. The second kappa shape index (κ2) is 10.6. The van der Waals surface area contributed by atoms with E-state index in [9.17, 15) is 14.4 Å². The molecule has 0 bridgehead atoms. The van der Waals surface area contributed by atoms with Gasteiger partial charge in [-0.15, -0.1) is 0 Å². The summed E-state index contributed by atoms with van der Waals surface area (Å²) in [6, 6.07) is 24.7. The van der Waals surface area contributed by atoms with E-state index in [-0.39, 0.29) is 23.2 Å². The number of hydrogen-bond acceptors (Lipinski definition) is 7. The van der Waals surface area contributed by atoms with Crippen molar-refractivity contribution in [2.45, 2.75) is 19.4 Å². The van der Waals surface area contributed by atoms with Gasteiger partial charge in [0.25, 0.3) is 5.91 Å². The van der Waals surface area contributed by atoms with Crippen molar-refractivity contribution in [3.63, 3.8) is 0 Å². The van der Waals surface area contributed by atoms with Gasteiger partial charge in [0, 0.05) is 10.9 Å². The Balaban J connectivity index is 1.46. The third-order valence-corrected chi connectivity index (χ3v) is 6.15. The minimum absolute atomic E-state index is 0.196. The number of ether oxygens (including phenoxy) is 2. The quantitative estimate of drug-likeness (QED) is 0.268. The van der Waals surface area contributed by atoms with Crippen molar-refractivity contribution in [3.05, 3.63) is 96.1 Å². The zero-order valence-corrected chi connectivity index (χ0v) is 20.8. The average molecular weight is 509 g/mol. The standard InChI is InChI=1S/C30H24N2O6/c1-3-24(27(33)31-22-15-5-4-12-19(22)29(34)36-2)38-30(35)21-14-9-11-18-10-8-13-20(26(18)21)28-32-23-16-6-7-17-25(23)37-28/h4-17,24H,3H2,1-2H3,(H,31,33). The Kier molecular flexibility index (Phi) is 6.86. The zero-order valence-electron chi connectivity index (χ0n) is 20.8. The van der Waals surface area contributed by atoms with Crippen molar-refractivity contribution >= 4 is 45.4 Å². The minimum atomic E-state index is -1.10. The fourth-order valence-electron chi connectivity index (χ4n) is 4.28. The van der Waals surface area contributed by atoms with Gasteiger partial charge in [-0.2, -0.15) is 0 Å². The number of aromatic nitrogens is 1. The van der Waals surface area contributed by atoms with Crippen LogP contribution in [0.15, 0.2) is 89.3 Å². The van der Waals surface area contributed by atoms with Crippen molar-refractivity contribution in [2.24, 2.45) is 0 Å². The van der Waals surface area contributed by atoms with E-state index in [4.69, 9.17) is 13.9 Å². The second-order valence-electron chi connectivity index (χ2n) is 8.52. The van der Waals surface area contributed by atoms with Crippen molar-refractivity contribution in [1.29, 1.82) is 0 Å². The topological polar surface area (TPSA) is 108 Å². The van der Waals surface area contributed by atoms with E-state index >= 15 is 0 Å². The molecule has 8 heteroatoms. The van der Waals surface area contributed by atoms with Crippen LogP contribution in [0.2, 0.25) is 0 Å². The van der Waals surface area contributed by atoms with Gasteiger partial charge in [-0.3, -0.25) is 4.79 Å². The number of carbonyl (C=O) groups excluding carboxylic acids is 3. The lowest BCUT2D eigenvalue weighted by atomic mass is 9.99. The van der Waals surface area contributed by atoms with Crippen LogP contribution in [0.3, 0.4) is 0 Å². The van der Waals surface area contributed by atoms with Gasteiger partial charge in [-0.1, -0.05) is 55.5 Å². The van der Waals surface area contributed by atoms with Crippen LogP contribution in [0.4, 0.5) is 5.69 Å². The van der Waals surface area contributed by atoms with Gasteiger partial charge >= 0.3 is 11.9 Å². The summed E-state index contributed by atoms with van der Waals surface area (Å²) in [5.74, 6) is -1.44. The predicted octanol–water partition coefficient (Wildman–Crippen LogP) is 6.01. The van der Waals surface area contributed by atoms with Crippen molar-refractivity contribution in [3.8, 4) is 11.5 Å². The molecule has 1 heterocycles. The lowest BCUT2D eigenvalue weighted by Crippen LogP contribution is -2.32. The smallest absolute Gasteiger partial charge is 0.339 e. The van der Waals surface area contributed by atoms with Crippen LogP contribution in [0.25, 0.3) is 33.3 Å². The second-order valence-corrected chi connectivity index (χ2v) is 8.52. The molecule has 4 aromatic carbocycles. The highest BCUT2D eigenvalue weighted by Crippen LogP contribution is 2.33. The number of nitrogens with one attached hydrogen (secondary N) is 1. The van der Waals surface area contributed by atoms with Crippen LogP contribution in [-0.4, -0.2) is 36.0 Å². The van der Waals surface area contributed by atoms with Crippen molar-refractivity contribution in [1.82, 2.24) is 4.98 Å². The van der Waals surface area contributed by atoms with Crippen LogP contribution < -0.4 is 5.32 Å². The molecular weight excluding hydrogens is 484 g/mol. The first kappa shape index (κ1) is 24.7. The molecule has 190 valence electrons. The van der Waals surface area contributed by atoms with Crippen molar-refractivity contribution < 1.29 is 28.3 Å². The highest BCUT2D eigenvalue weighted by molar-refractivity contribution is 6.11. The van der Waals surface area contributed by atoms with Crippen LogP contribution >= 0.6 is 0 Å². The third kappa shape index (κ3) is 4.71.